The van der Waals surface area contributed by atoms with Crippen LogP contribution in [0.1, 0.15) is 46.1 Å². The molecular formula is C18H30N2. The van der Waals surface area contributed by atoms with E-state index in [1.165, 1.54) is 30.5 Å². The number of aryl methyl sites for hydroxylation is 1. The molecule has 2 rings (SSSR count). The lowest BCUT2D eigenvalue weighted by molar-refractivity contribution is 0.360. The first-order valence-electron chi connectivity index (χ1n) is 8.25. The highest BCUT2D eigenvalue weighted by Gasteiger charge is 2.26. The quantitative estimate of drug-likeness (QED) is 0.847. The lowest BCUT2D eigenvalue weighted by Gasteiger charge is -2.40. The van der Waals surface area contributed by atoms with E-state index in [0.717, 1.165) is 19.0 Å². The van der Waals surface area contributed by atoms with Crippen molar-refractivity contribution in [2.24, 2.45) is 5.92 Å². The first-order chi connectivity index (χ1) is 9.67. The van der Waals surface area contributed by atoms with Crippen molar-refractivity contribution in [1.82, 2.24) is 5.32 Å². The Morgan fingerprint density at radius 1 is 1.30 bits per heavy atom. The molecule has 1 N–H and O–H groups in total. The molecule has 3 atom stereocenters. The lowest BCUT2D eigenvalue weighted by atomic mass is 9.93. The van der Waals surface area contributed by atoms with Crippen molar-refractivity contribution < 1.29 is 0 Å². The molecule has 1 aromatic carbocycles. The second kappa shape index (κ2) is 7.12. The van der Waals surface area contributed by atoms with Gasteiger partial charge in [-0.05, 0) is 43.9 Å². The number of para-hydroxylation sites is 1. The summed E-state index contributed by atoms with van der Waals surface area (Å²) in [6, 6.07) is 10.2. The third-order valence-electron chi connectivity index (χ3n) is 4.86. The fourth-order valence-electron chi connectivity index (χ4n) is 3.24. The Morgan fingerprint density at radius 3 is 2.75 bits per heavy atom. The molecular weight excluding hydrogens is 244 g/mol. The van der Waals surface area contributed by atoms with E-state index in [0.29, 0.717) is 12.1 Å². The number of likely N-dealkylation sites (N-methyl/N-ethyl adjacent to an activating group) is 1. The maximum atomic E-state index is 3.69. The summed E-state index contributed by atoms with van der Waals surface area (Å²) in [6.45, 7) is 11.4. The summed E-state index contributed by atoms with van der Waals surface area (Å²) in [5.74, 6) is 0.719. The van der Waals surface area contributed by atoms with Gasteiger partial charge in [-0.15, -0.1) is 0 Å². The zero-order valence-electron chi connectivity index (χ0n) is 13.5. The Labute approximate surface area is 124 Å². The van der Waals surface area contributed by atoms with Gasteiger partial charge in [-0.25, -0.2) is 0 Å². The van der Waals surface area contributed by atoms with Gasteiger partial charge >= 0.3 is 0 Å². The van der Waals surface area contributed by atoms with Crippen molar-refractivity contribution in [3.8, 4) is 0 Å². The fourth-order valence-corrected chi connectivity index (χ4v) is 3.24. The van der Waals surface area contributed by atoms with Crippen LogP contribution in [0.15, 0.2) is 24.3 Å². The van der Waals surface area contributed by atoms with Gasteiger partial charge in [0.15, 0.2) is 0 Å². The van der Waals surface area contributed by atoms with Crippen LogP contribution in [0.5, 0.6) is 0 Å². The SMILES string of the molecule is CCNC(CN1c2ccccc2CCC1C)C(C)CC. The molecule has 1 aliphatic heterocycles. The Morgan fingerprint density at radius 2 is 2.05 bits per heavy atom. The summed E-state index contributed by atoms with van der Waals surface area (Å²) in [4.78, 5) is 2.62. The Hall–Kier alpha value is -1.02. The van der Waals surface area contributed by atoms with Gasteiger partial charge in [-0.3, -0.25) is 0 Å². The van der Waals surface area contributed by atoms with Crippen LogP contribution in [0.3, 0.4) is 0 Å². The van der Waals surface area contributed by atoms with Gasteiger partial charge in [0.2, 0.25) is 0 Å². The summed E-state index contributed by atoms with van der Waals surface area (Å²) >= 11 is 0. The molecule has 112 valence electrons. The summed E-state index contributed by atoms with van der Waals surface area (Å²) in [6.07, 6.45) is 3.74. The van der Waals surface area contributed by atoms with E-state index in [1.807, 2.05) is 0 Å². The second-order valence-electron chi connectivity index (χ2n) is 6.22. The number of benzene rings is 1. The normalized spacial score (nSPS) is 21.4. The van der Waals surface area contributed by atoms with Crippen molar-refractivity contribution >= 4 is 5.69 Å². The fraction of sp³-hybridized carbons (Fsp3) is 0.667. The molecule has 0 fully saturated rings. The average Bonchev–Trinajstić information content (AvgIpc) is 2.48. The molecule has 0 amide bonds. The van der Waals surface area contributed by atoms with Gasteiger partial charge in [-0.1, -0.05) is 45.4 Å². The van der Waals surface area contributed by atoms with Crippen LogP contribution in [-0.2, 0) is 6.42 Å². The molecule has 0 saturated carbocycles. The highest BCUT2D eigenvalue weighted by molar-refractivity contribution is 5.56. The monoisotopic (exact) mass is 274 g/mol. The maximum Gasteiger partial charge on any atom is 0.0401 e. The van der Waals surface area contributed by atoms with Gasteiger partial charge in [0.05, 0.1) is 0 Å². The number of fused-ring (bicyclic) bond motifs is 1. The molecule has 2 nitrogen and oxygen atoms in total. The Balaban J connectivity index is 2.18. The van der Waals surface area contributed by atoms with Crippen LogP contribution in [0.2, 0.25) is 0 Å². The number of anilines is 1. The van der Waals surface area contributed by atoms with Crippen molar-refractivity contribution in [2.45, 2.75) is 59.0 Å². The van der Waals surface area contributed by atoms with E-state index >= 15 is 0 Å². The first-order valence-corrected chi connectivity index (χ1v) is 8.25. The lowest BCUT2D eigenvalue weighted by Crippen LogP contribution is -2.49. The highest BCUT2D eigenvalue weighted by Crippen LogP contribution is 2.31. The Kier molecular flexibility index (Phi) is 5.47. The molecule has 0 radical (unpaired) electrons. The molecule has 0 aromatic heterocycles. The van der Waals surface area contributed by atoms with E-state index in [4.69, 9.17) is 0 Å². The van der Waals surface area contributed by atoms with Gasteiger partial charge in [-0.2, -0.15) is 0 Å². The van der Waals surface area contributed by atoms with Crippen LogP contribution in [0.4, 0.5) is 5.69 Å². The summed E-state index contributed by atoms with van der Waals surface area (Å²) in [7, 11) is 0. The van der Waals surface area contributed by atoms with Crippen LogP contribution < -0.4 is 10.2 Å². The summed E-state index contributed by atoms with van der Waals surface area (Å²) in [5.41, 5.74) is 2.97. The van der Waals surface area contributed by atoms with Gasteiger partial charge in [0.1, 0.15) is 0 Å². The van der Waals surface area contributed by atoms with Crippen LogP contribution in [0.25, 0.3) is 0 Å². The summed E-state index contributed by atoms with van der Waals surface area (Å²) < 4.78 is 0. The van der Waals surface area contributed by atoms with Crippen LogP contribution >= 0.6 is 0 Å². The topological polar surface area (TPSA) is 15.3 Å². The van der Waals surface area contributed by atoms with Gasteiger partial charge in [0.25, 0.3) is 0 Å². The molecule has 0 spiro atoms. The van der Waals surface area contributed by atoms with Gasteiger partial charge < -0.3 is 10.2 Å². The van der Waals surface area contributed by atoms with E-state index in [-0.39, 0.29) is 0 Å². The number of rotatable bonds is 6. The highest BCUT2D eigenvalue weighted by atomic mass is 15.2. The van der Waals surface area contributed by atoms with E-state index in [9.17, 15) is 0 Å². The molecule has 0 aliphatic carbocycles. The van der Waals surface area contributed by atoms with Gasteiger partial charge in [0, 0.05) is 24.3 Å². The van der Waals surface area contributed by atoms with Crippen molar-refractivity contribution in [3.05, 3.63) is 29.8 Å². The molecule has 0 bridgehead atoms. The average molecular weight is 274 g/mol. The standard InChI is InChI=1S/C18H30N2/c1-5-14(3)17(19-6-2)13-20-15(4)11-12-16-9-7-8-10-18(16)20/h7-10,14-15,17,19H,5-6,11-13H2,1-4H3. The molecule has 3 unspecified atom stereocenters. The minimum absolute atomic E-state index is 0.582. The minimum atomic E-state index is 0.582. The first kappa shape index (κ1) is 15.4. The second-order valence-corrected chi connectivity index (χ2v) is 6.22. The molecule has 1 aliphatic rings. The van der Waals surface area contributed by atoms with Crippen molar-refractivity contribution in [2.75, 3.05) is 18.0 Å². The van der Waals surface area contributed by atoms with Crippen LogP contribution in [-0.4, -0.2) is 25.2 Å². The van der Waals surface area contributed by atoms with Crippen LogP contribution in [0, 0.1) is 5.92 Å². The third-order valence-corrected chi connectivity index (χ3v) is 4.86. The molecule has 0 saturated heterocycles. The number of hydrogen-bond donors (Lipinski definition) is 1. The zero-order chi connectivity index (χ0) is 14.5. The molecule has 20 heavy (non-hydrogen) atoms. The predicted octanol–water partition coefficient (Wildman–Crippen LogP) is 3.85. The molecule has 1 heterocycles. The number of hydrogen-bond acceptors (Lipinski definition) is 2. The van der Waals surface area contributed by atoms with Crippen molar-refractivity contribution in [1.29, 1.82) is 0 Å². The largest absolute Gasteiger partial charge is 0.367 e. The van der Waals surface area contributed by atoms with Crippen molar-refractivity contribution in [3.63, 3.8) is 0 Å². The van der Waals surface area contributed by atoms with E-state index < -0.39 is 0 Å². The van der Waals surface area contributed by atoms with E-state index in [2.05, 4.69) is 62.2 Å². The predicted molar refractivity (Wildman–Crippen MR) is 88.5 cm³/mol. The Bertz CT molecular complexity index is 416. The maximum absolute atomic E-state index is 3.69. The molecule has 2 heteroatoms. The smallest absolute Gasteiger partial charge is 0.0401 e. The molecule has 1 aromatic rings. The zero-order valence-corrected chi connectivity index (χ0v) is 13.5. The minimum Gasteiger partial charge on any atom is -0.367 e. The number of nitrogens with zero attached hydrogens (tertiary/aromatic N) is 1. The number of nitrogens with one attached hydrogen (secondary N) is 1. The third kappa shape index (κ3) is 3.35. The summed E-state index contributed by atoms with van der Waals surface area (Å²) in [5, 5.41) is 3.69. The van der Waals surface area contributed by atoms with E-state index in [1.54, 1.807) is 0 Å².